The second kappa shape index (κ2) is 6.97. The van der Waals surface area contributed by atoms with Crippen molar-refractivity contribution >= 4 is 33.3 Å². The standard InChI is InChI=1S/C22H17N7O/c1-14-12-20-28(22(30)16-7-3-5-9-18(16)29(20)27-14)13-19-25-17-8-4-2-6-15(17)21(26-19)24-11-10-23/h2-9,12H,11,13H2,1H3,(H,24,25,26). The molecule has 0 fully saturated rings. The second-order valence-electron chi connectivity index (χ2n) is 6.98. The predicted molar refractivity (Wildman–Crippen MR) is 114 cm³/mol. The Balaban J connectivity index is 1.72. The van der Waals surface area contributed by atoms with Gasteiger partial charge < -0.3 is 5.32 Å². The number of nitrogens with zero attached hydrogens (tertiary/aromatic N) is 6. The molecule has 2 aromatic carbocycles. The third kappa shape index (κ3) is 2.84. The normalized spacial score (nSPS) is 11.2. The van der Waals surface area contributed by atoms with Gasteiger partial charge in [-0.25, -0.2) is 14.5 Å². The van der Waals surface area contributed by atoms with Crippen LogP contribution < -0.4 is 10.9 Å². The molecule has 0 aliphatic rings. The molecule has 5 rings (SSSR count). The van der Waals surface area contributed by atoms with Crippen LogP contribution in [0.25, 0.3) is 27.5 Å². The SMILES string of the molecule is Cc1cc2n(Cc3nc(NCC#N)c4ccccc4n3)c(=O)c3ccccc3n2n1. The van der Waals surface area contributed by atoms with E-state index in [-0.39, 0.29) is 18.6 Å². The van der Waals surface area contributed by atoms with E-state index in [1.807, 2.05) is 55.5 Å². The fraction of sp³-hybridized carbons (Fsp3) is 0.136. The average Bonchev–Trinajstić information content (AvgIpc) is 3.16. The Labute approximate surface area is 171 Å². The summed E-state index contributed by atoms with van der Waals surface area (Å²) in [6.45, 7) is 2.21. The van der Waals surface area contributed by atoms with Crippen molar-refractivity contribution in [1.29, 1.82) is 5.26 Å². The molecule has 0 unspecified atom stereocenters. The first-order valence-electron chi connectivity index (χ1n) is 9.50. The number of hydrogen-bond acceptors (Lipinski definition) is 6. The fourth-order valence-electron chi connectivity index (χ4n) is 3.69. The van der Waals surface area contributed by atoms with Crippen LogP contribution in [0.5, 0.6) is 0 Å². The Hall–Kier alpha value is -4.25. The molecule has 0 bridgehead atoms. The molecule has 30 heavy (non-hydrogen) atoms. The van der Waals surface area contributed by atoms with E-state index in [0.717, 1.165) is 22.1 Å². The minimum absolute atomic E-state index is 0.124. The molecule has 0 saturated heterocycles. The van der Waals surface area contributed by atoms with E-state index in [1.54, 1.807) is 15.1 Å². The van der Waals surface area contributed by atoms with E-state index in [2.05, 4.69) is 26.5 Å². The number of aromatic nitrogens is 5. The molecular weight excluding hydrogens is 378 g/mol. The summed E-state index contributed by atoms with van der Waals surface area (Å²) in [5.74, 6) is 1.05. The van der Waals surface area contributed by atoms with Gasteiger partial charge in [-0.3, -0.25) is 9.36 Å². The monoisotopic (exact) mass is 395 g/mol. The van der Waals surface area contributed by atoms with E-state index in [9.17, 15) is 4.79 Å². The summed E-state index contributed by atoms with van der Waals surface area (Å²) in [5, 5.41) is 17.9. The molecule has 8 heteroatoms. The lowest BCUT2D eigenvalue weighted by molar-refractivity contribution is 0.729. The summed E-state index contributed by atoms with van der Waals surface area (Å²) in [7, 11) is 0. The minimum Gasteiger partial charge on any atom is -0.356 e. The summed E-state index contributed by atoms with van der Waals surface area (Å²) in [6, 6.07) is 18.9. The average molecular weight is 395 g/mol. The zero-order valence-electron chi connectivity index (χ0n) is 16.2. The molecule has 3 aromatic heterocycles. The van der Waals surface area contributed by atoms with Crippen molar-refractivity contribution in [2.24, 2.45) is 0 Å². The topological polar surface area (TPSA) is 101 Å². The summed E-state index contributed by atoms with van der Waals surface area (Å²) in [6.07, 6.45) is 0. The number of hydrogen-bond donors (Lipinski definition) is 1. The first-order chi connectivity index (χ1) is 14.7. The van der Waals surface area contributed by atoms with E-state index in [1.165, 1.54) is 0 Å². The lowest BCUT2D eigenvalue weighted by Crippen LogP contribution is -2.24. The number of para-hydroxylation sites is 2. The number of fused-ring (bicyclic) bond motifs is 4. The van der Waals surface area contributed by atoms with E-state index in [0.29, 0.717) is 22.7 Å². The molecule has 3 heterocycles. The van der Waals surface area contributed by atoms with E-state index < -0.39 is 0 Å². The summed E-state index contributed by atoms with van der Waals surface area (Å²) in [5.41, 5.74) is 2.88. The van der Waals surface area contributed by atoms with E-state index >= 15 is 0 Å². The summed E-state index contributed by atoms with van der Waals surface area (Å²) >= 11 is 0. The van der Waals surface area contributed by atoms with Gasteiger partial charge in [0, 0.05) is 11.5 Å². The second-order valence-corrected chi connectivity index (χ2v) is 6.98. The largest absolute Gasteiger partial charge is 0.356 e. The van der Waals surface area contributed by atoms with Gasteiger partial charge in [-0.1, -0.05) is 24.3 Å². The number of rotatable bonds is 4. The number of nitrogens with one attached hydrogen (secondary N) is 1. The maximum atomic E-state index is 13.3. The van der Waals surface area contributed by atoms with Gasteiger partial charge >= 0.3 is 0 Å². The molecule has 0 atom stereocenters. The number of aryl methyl sites for hydroxylation is 1. The van der Waals surface area contributed by atoms with Crippen molar-refractivity contribution < 1.29 is 0 Å². The van der Waals surface area contributed by atoms with Gasteiger partial charge in [0.15, 0.2) is 5.82 Å². The third-order valence-electron chi connectivity index (χ3n) is 4.98. The molecule has 146 valence electrons. The zero-order valence-corrected chi connectivity index (χ0v) is 16.2. The van der Waals surface area contributed by atoms with Crippen LogP contribution in [0.3, 0.4) is 0 Å². The van der Waals surface area contributed by atoms with Crippen LogP contribution in [0.15, 0.2) is 59.4 Å². The molecule has 0 amide bonds. The van der Waals surface area contributed by atoms with Crippen LogP contribution >= 0.6 is 0 Å². The quantitative estimate of drug-likeness (QED) is 0.470. The zero-order chi connectivity index (χ0) is 20.7. The van der Waals surface area contributed by atoms with Crippen molar-refractivity contribution in [2.45, 2.75) is 13.5 Å². The minimum atomic E-state index is -0.124. The van der Waals surface area contributed by atoms with Crippen LogP contribution in [0.1, 0.15) is 11.5 Å². The molecular formula is C22H17N7O. The predicted octanol–water partition coefficient (Wildman–Crippen LogP) is 2.88. The first-order valence-corrected chi connectivity index (χ1v) is 9.50. The summed E-state index contributed by atoms with van der Waals surface area (Å²) < 4.78 is 3.42. The van der Waals surface area contributed by atoms with Gasteiger partial charge in [-0.2, -0.15) is 10.4 Å². The van der Waals surface area contributed by atoms with Crippen LogP contribution in [0.2, 0.25) is 0 Å². The third-order valence-corrected chi connectivity index (χ3v) is 4.98. The van der Waals surface area contributed by atoms with Crippen LogP contribution in [0.4, 0.5) is 5.82 Å². The molecule has 0 spiro atoms. The van der Waals surface area contributed by atoms with Gasteiger partial charge in [0.1, 0.15) is 18.0 Å². The molecule has 0 aliphatic heterocycles. The maximum absolute atomic E-state index is 13.3. The molecule has 0 aliphatic carbocycles. The van der Waals surface area contributed by atoms with Gasteiger partial charge in [0.05, 0.1) is 34.7 Å². The van der Waals surface area contributed by atoms with Crippen LogP contribution in [-0.4, -0.2) is 30.7 Å². The van der Waals surface area contributed by atoms with Gasteiger partial charge in [0.2, 0.25) is 0 Å². The van der Waals surface area contributed by atoms with E-state index in [4.69, 9.17) is 5.26 Å². The molecule has 0 saturated carbocycles. The Morgan fingerprint density at radius 3 is 2.67 bits per heavy atom. The highest BCUT2D eigenvalue weighted by Gasteiger charge is 2.15. The number of anilines is 1. The van der Waals surface area contributed by atoms with Crippen molar-refractivity contribution in [3.05, 3.63) is 76.5 Å². The Morgan fingerprint density at radius 2 is 1.83 bits per heavy atom. The van der Waals surface area contributed by atoms with Gasteiger partial charge in [-0.05, 0) is 31.2 Å². The van der Waals surface area contributed by atoms with Gasteiger partial charge in [-0.15, -0.1) is 0 Å². The van der Waals surface area contributed by atoms with Crippen molar-refractivity contribution in [1.82, 2.24) is 24.1 Å². The van der Waals surface area contributed by atoms with Crippen LogP contribution in [-0.2, 0) is 6.54 Å². The van der Waals surface area contributed by atoms with Crippen molar-refractivity contribution in [3.63, 3.8) is 0 Å². The molecule has 1 N–H and O–H groups in total. The smallest absolute Gasteiger partial charge is 0.262 e. The highest BCUT2D eigenvalue weighted by Crippen LogP contribution is 2.21. The first kappa shape index (κ1) is 17.8. The Kier molecular flexibility index (Phi) is 4.14. The van der Waals surface area contributed by atoms with Crippen LogP contribution in [0, 0.1) is 18.3 Å². The molecule has 5 aromatic rings. The fourth-order valence-corrected chi connectivity index (χ4v) is 3.69. The maximum Gasteiger partial charge on any atom is 0.262 e. The highest BCUT2D eigenvalue weighted by atomic mass is 16.1. The Bertz CT molecular complexity index is 1520. The summed E-state index contributed by atoms with van der Waals surface area (Å²) in [4.78, 5) is 22.5. The van der Waals surface area contributed by atoms with Crippen molar-refractivity contribution in [2.75, 3.05) is 11.9 Å². The highest BCUT2D eigenvalue weighted by molar-refractivity contribution is 5.89. The lowest BCUT2D eigenvalue weighted by Gasteiger charge is -2.12. The number of nitriles is 1. The van der Waals surface area contributed by atoms with Crippen molar-refractivity contribution in [3.8, 4) is 6.07 Å². The van der Waals surface area contributed by atoms with Gasteiger partial charge in [0.25, 0.3) is 5.56 Å². The molecule has 0 radical (unpaired) electrons. The number of benzene rings is 2. The Morgan fingerprint density at radius 1 is 1.07 bits per heavy atom. The lowest BCUT2D eigenvalue weighted by atomic mass is 10.2. The molecule has 8 nitrogen and oxygen atoms in total.